The number of carbonyl (C=O) groups is 1. The zero-order valence-corrected chi connectivity index (χ0v) is 11.7. The van der Waals surface area contributed by atoms with E-state index in [1.807, 2.05) is 29.8 Å². The molecular weight excluding hydrogens is 280 g/mol. The second-order valence-electron chi connectivity index (χ2n) is 3.90. The second kappa shape index (κ2) is 4.99. The lowest BCUT2D eigenvalue weighted by Gasteiger charge is -1.98. The zero-order chi connectivity index (χ0) is 13.2. The molecule has 96 valence electrons. The van der Waals surface area contributed by atoms with Crippen LogP contribution in [0.3, 0.4) is 0 Å². The molecule has 3 aromatic heterocycles. The first-order valence-electron chi connectivity index (χ1n) is 5.59. The smallest absolute Gasteiger partial charge is 0.293 e. The molecule has 4 nitrogen and oxygen atoms in total. The van der Waals surface area contributed by atoms with Gasteiger partial charge in [-0.05, 0) is 24.4 Å². The minimum absolute atomic E-state index is 0.269. The van der Waals surface area contributed by atoms with Crippen LogP contribution in [0.2, 0.25) is 0 Å². The first kappa shape index (κ1) is 12.1. The molecule has 0 saturated heterocycles. The van der Waals surface area contributed by atoms with Crippen LogP contribution in [-0.2, 0) is 0 Å². The summed E-state index contributed by atoms with van der Waals surface area (Å²) in [5.41, 5.74) is 1.69. The topological polar surface area (TPSA) is 55.1 Å². The van der Waals surface area contributed by atoms with E-state index in [-0.39, 0.29) is 5.91 Å². The third kappa shape index (κ3) is 2.45. The van der Waals surface area contributed by atoms with Gasteiger partial charge >= 0.3 is 0 Å². The number of thiazole rings is 1. The van der Waals surface area contributed by atoms with Crippen molar-refractivity contribution in [2.75, 3.05) is 5.32 Å². The van der Waals surface area contributed by atoms with Crippen LogP contribution in [0.25, 0.3) is 10.6 Å². The third-order valence-corrected chi connectivity index (χ3v) is 4.22. The number of aromatic nitrogens is 1. The van der Waals surface area contributed by atoms with E-state index < -0.39 is 0 Å². The molecule has 1 amide bonds. The summed E-state index contributed by atoms with van der Waals surface area (Å²) in [6.07, 6.45) is 1.50. The van der Waals surface area contributed by atoms with Gasteiger partial charge in [0.2, 0.25) is 0 Å². The fraction of sp³-hybridized carbons (Fsp3) is 0.0769. The Labute approximate surface area is 117 Å². The van der Waals surface area contributed by atoms with Crippen LogP contribution in [0.5, 0.6) is 0 Å². The van der Waals surface area contributed by atoms with Crippen LogP contribution in [-0.4, -0.2) is 10.9 Å². The van der Waals surface area contributed by atoms with E-state index in [0.717, 1.165) is 16.1 Å². The van der Waals surface area contributed by atoms with E-state index >= 15 is 0 Å². The van der Waals surface area contributed by atoms with Crippen LogP contribution < -0.4 is 5.32 Å². The summed E-state index contributed by atoms with van der Waals surface area (Å²) in [6, 6.07) is 5.74. The Morgan fingerprint density at radius 2 is 2.26 bits per heavy atom. The molecule has 0 aliphatic rings. The normalized spacial score (nSPS) is 10.6. The van der Waals surface area contributed by atoms with Gasteiger partial charge in [0, 0.05) is 10.9 Å². The van der Waals surface area contributed by atoms with Gasteiger partial charge in [-0.1, -0.05) is 6.07 Å². The van der Waals surface area contributed by atoms with Gasteiger partial charge in [0.1, 0.15) is 0 Å². The van der Waals surface area contributed by atoms with Crippen molar-refractivity contribution in [1.82, 2.24) is 4.98 Å². The highest BCUT2D eigenvalue weighted by molar-refractivity contribution is 7.16. The van der Waals surface area contributed by atoms with Crippen molar-refractivity contribution in [2.45, 2.75) is 6.92 Å². The van der Waals surface area contributed by atoms with Crippen molar-refractivity contribution in [3.63, 3.8) is 0 Å². The summed E-state index contributed by atoms with van der Waals surface area (Å²) in [5.74, 6) is 0.0578. The predicted octanol–water partition coefficient (Wildman–Crippen LogP) is 4.03. The van der Waals surface area contributed by atoms with Crippen LogP contribution in [0, 0.1) is 6.92 Å². The van der Waals surface area contributed by atoms with Crippen LogP contribution >= 0.6 is 22.7 Å². The standard InChI is InChI=1S/C13H10N2O2S2/c1-8-4-5-17-11(8)12(16)15-13-14-9(7-19-13)10-3-2-6-18-10/h2-7H,1H3,(H,14,15,16). The first-order valence-corrected chi connectivity index (χ1v) is 7.35. The number of rotatable bonds is 3. The number of hydrogen-bond donors (Lipinski definition) is 1. The van der Waals surface area contributed by atoms with E-state index in [9.17, 15) is 4.79 Å². The molecule has 0 aromatic carbocycles. The first-order chi connectivity index (χ1) is 9.24. The number of amides is 1. The number of anilines is 1. The summed E-state index contributed by atoms with van der Waals surface area (Å²) >= 11 is 3.02. The van der Waals surface area contributed by atoms with Gasteiger partial charge in [0.25, 0.3) is 5.91 Å². The summed E-state index contributed by atoms with van der Waals surface area (Å²) in [6.45, 7) is 1.83. The molecule has 0 saturated carbocycles. The molecule has 1 N–H and O–H groups in total. The van der Waals surface area contributed by atoms with Crippen molar-refractivity contribution < 1.29 is 9.21 Å². The summed E-state index contributed by atoms with van der Waals surface area (Å²) in [4.78, 5) is 17.4. The van der Waals surface area contributed by atoms with E-state index in [1.54, 1.807) is 17.4 Å². The maximum Gasteiger partial charge on any atom is 0.293 e. The summed E-state index contributed by atoms with van der Waals surface area (Å²) < 4.78 is 5.14. The fourth-order valence-corrected chi connectivity index (χ4v) is 3.09. The number of furan rings is 1. The molecule has 0 atom stereocenters. The molecule has 3 aromatic rings. The Morgan fingerprint density at radius 1 is 1.37 bits per heavy atom. The molecule has 6 heteroatoms. The lowest BCUT2D eigenvalue weighted by molar-refractivity contribution is 0.0996. The average molecular weight is 290 g/mol. The van der Waals surface area contributed by atoms with Gasteiger partial charge in [-0.2, -0.15) is 0 Å². The molecule has 3 rings (SSSR count). The lowest BCUT2D eigenvalue weighted by atomic mass is 10.3. The predicted molar refractivity (Wildman–Crippen MR) is 76.8 cm³/mol. The van der Waals surface area contributed by atoms with Gasteiger partial charge in [0.15, 0.2) is 10.9 Å². The second-order valence-corrected chi connectivity index (χ2v) is 5.71. The van der Waals surface area contributed by atoms with E-state index in [1.165, 1.54) is 17.6 Å². The maximum atomic E-state index is 12.0. The van der Waals surface area contributed by atoms with Crippen molar-refractivity contribution in [3.05, 3.63) is 46.5 Å². The Hall–Kier alpha value is -1.92. The van der Waals surface area contributed by atoms with E-state index in [2.05, 4.69) is 10.3 Å². The molecule has 0 fully saturated rings. The Kier molecular flexibility index (Phi) is 3.18. The molecule has 3 heterocycles. The average Bonchev–Trinajstić information content (AvgIpc) is 3.07. The number of hydrogen-bond acceptors (Lipinski definition) is 5. The highest BCUT2D eigenvalue weighted by Crippen LogP contribution is 2.28. The Bertz CT molecular complexity index is 698. The quantitative estimate of drug-likeness (QED) is 0.792. The van der Waals surface area contributed by atoms with Gasteiger partial charge in [0.05, 0.1) is 16.8 Å². The number of aryl methyl sites for hydroxylation is 1. The molecule has 0 bridgehead atoms. The molecule has 0 unspecified atom stereocenters. The van der Waals surface area contributed by atoms with Crippen LogP contribution in [0.15, 0.2) is 39.6 Å². The monoisotopic (exact) mass is 290 g/mol. The number of carbonyl (C=O) groups excluding carboxylic acids is 1. The SMILES string of the molecule is Cc1ccoc1C(=O)Nc1nc(-c2cccs2)cs1. The molecule has 19 heavy (non-hydrogen) atoms. The lowest BCUT2D eigenvalue weighted by Crippen LogP contribution is -2.11. The molecule has 0 aliphatic carbocycles. The van der Waals surface area contributed by atoms with Crippen LogP contribution in [0.1, 0.15) is 16.1 Å². The molecular formula is C13H10N2O2S2. The van der Waals surface area contributed by atoms with Gasteiger partial charge in [-0.15, -0.1) is 22.7 Å². The van der Waals surface area contributed by atoms with Gasteiger partial charge < -0.3 is 4.42 Å². The number of nitrogens with zero attached hydrogens (tertiary/aromatic N) is 1. The van der Waals surface area contributed by atoms with Crippen molar-refractivity contribution in [2.24, 2.45) is 0 Å². The zero-order valence-electron chi connectivity index (χ0n) is 10.0. The minimum atomic E-state index is -0.269. The Morgan fingerprint density at radius 3 is 2.95 bits per heavy atom. The number of nitrogens with one attached hydrogen (secondary N) is 1. The largest absolute Gasteiger partial charge is 0.459 e. The van der Waals surface area contributed by atoms with Crippen LogP contribution in [0.4, 0.5) is 5.13 Å². The Balaban J connectivity index is 1.78. The molecule has 0 aliphatic heterocycles. The van der Waals surface area contributed by atoms with Crippen molar-refractivity contribution >= 4 is 33.7 Å². The highest BCUT2D eigenvalue weighted by atomic mass is 32.1. The summed E-state index contributed by atoms with van der Waals surface area (Å²) in [7, 11) is 0. The van der Waals surface area contributed by atoms with Crippen molar-refractivity contribution in [3.8, 4) is 10.6 Å². The number of thiophene rings is 1. The van der Waals surface area contributed by atoms with Gasteiger partial charge in [-0.3, -0.25) is 10.1 Å². The van der Waals surface area contributed by atoms with Crippen molar-refractivity contribution in [1.29, 1.82) is 0 Å². The van der Waals surface area contributed by atoms with E-state index in [0.29, 0.717) is 10.9 Å². The molecule has 0 spiro atoms. The third-order valence-electron chi connectivity index (χ3n) is 2.57. The molecule has 0 radical (unpaired) electrons. The maximum absolute atomic E-state index is 12.0. The fourth-order valence-electron chi connectivity index (χ4n) is 1.63. The highest BCUT2D eigenvalue weighted by Gasteiger charge is 2.14. The van der Waals surface area contributed by atoms with E-state index in [4.69, 9.17) is 4.42 Å². The minimum Gasteiger partial charge on any atom is -0.459 e. The van der Waals surface area contributed by atoms with Gasteiger partial charge in [-0.25, -0.2) is 4.98 Å². The summed E-state index contributed by atoms with van der Waals surface area (Å²) in [5, 5.41) is 7.25.